The molecule has 1 aliphatic rings. The molecule has 0 N–H and O–H groups in total. The van der Waals surface area contributed by atoms with Crippen molar-refractivity contribution in [3.8, 4) is 11.1 Å². The summed E-state index contributed by atoms with van der Waals surface area (Å²) in [5.41, 5.74) is 5.55. The fourth-order valence-corrected chi connectivity index (χ4v) is 5.59. The second-order valence-electron chi connectivity index (χ2n) is 7.41. The average molecular weight is 431 g/mol. The lowest BCUT2D eigenvalue weighted by molar-refractivity contribution is -0.127. The van der Waals surface area contributed by atoms with Gasteiger partial charge in [-0.25, -0.2) is 0 Å². The zero-order valence-electron chi connectivity index (χ0n) is 16.2. The van der Waals surface area contributed by atoms with Gasteiger partial charge in [-0.15, -0.1) is 11.3 Å². The Kier molecular flexibility index (Phi) is 4.89. The summed E-state index contributed by atoms with van der Waals surface area (Å²) in [6.45, 7) is 4.84. The molecule has 0 radical (unpaired) electrons. The highest BCUT2D eigenvalue weighted by atomic mass is 35.5. The molecule has 0 unspecified atom stereocenters. The van der Waals surface area contributed by atoms with Crippen molar-refractivity contribution < 1.29 is 4.79 Å². The van der Waals surface area contributed by atoms with Gasteiger partial charge in [0.1, 0.15) is 0 Å². The molecule has 1 amide bonds. The van der Waals surface area contributed by atoms with Crippen molar-refractivity contribution in [1.29, 1.82) is 0 Å². The predicted molar refractivity (Wildman–Crippen MR) is 124 cm³/mol. The number of nitrogens with zero attached hydrogens (tertiary/aromatic N) is 2. The van der Waals surface area contributed by atoms with E-state index in [1.54, 1.807) is 11.3 Å². The van der Waals surface area contributed by atoms with Crippen molar-refractivity contribution in [2.75, 3.05) is 6.54 Å². The van der Waals surface area contributed by atoms with E-state index in [0.29, 0.717) is 13.1 Å². The zero-order chi connectivity index (χ0) is 20.7. The molecule has 3 heterocycles. The van der Waals surface area contributed by atoms with Crippen LogP contribution in [0.2, 0.25) is 4.34 Å². The number of aromatic nitrogens is 1. The number of para-hydroxylation sites is 1. The van der Waals surface area contributed by atoms with Gasteiger partial charge in [0, 0.05) is 34.5 Å². The molecule has 5 heteroatoms. The number of benzene rings is 2. The molecule has 0 saturated heterocycles. The smallest absolute Gasteiger partial charge is 0.246 e. The van der Waals surface area contributed by atoms with E-state index < -0.39 is 0 Å². The Morgan fingerprint density at radius 2 is 1.93 bits per heavy atom. The number of rotatable bonds is 3. The lowest BCUT2D eigenvalue weighted by atomic mass is 9.84. The van der Waals surface area contributed by atoms with E-state index in [1.807, 2.05) is 35.4 Å². The van der Waals surface area contributed by atoms with Crippen molar-refractivity contribution in [2.45, 2.75) is 12.5 Å². The summed E-state index contributed by atoms with van der Waals surface area (Å²) in [4.78, 5) is 20.1. The van der Waals surface area contributed by atoms with Crippen molar-refractivity contribution in [2.24, 2.45) is 0 Å². The Hall–Kier alpha value is -2.95. The van der Waals surface area contributed by atoms with E-state index >= 15 is 0 Å². The topological polar surface area (TPSA) is 33.2 Å². The van der Waals surface area contributed by atoms with Gasteiger partial charge in [-0.2, -0.15) is 0 Å². The maximum atomic E-state index is 12.4. The molecule has 0 spiro atoms. The van der Waals surface area contributed by atoms with Crippen LogP contribution in [0, 0.1) is 0 Å². The summed E-state index contributed by atoms with van der Waals surface area (Å²) in [6, 6.07) is 20.7. The van der Waals surface area contributed by atoms with E-state index in [-0.39, 0.29) is 11.8 Å². The van der Waals surface area contributed by atoms with Crippen LogP contribution in [0.25, 0.3) is 22.0 Å². The third-order valence-corrected chi connectivity index (χ3v) is 6.91. The molecular weight excluding hydrogens is 412 g/mol. The van der Waals surface area contributed by atoms with Gasteiger partial charge in [0.15, 0.2) is 0 Å². The molecule has 148 valence electrons. The van der Waals surface area contributed by atoms with Crippen LogP contribution in [-0.4, -0.2) is 22.3 Å². The average Bonchev–Trinajstić information content (AvgIpc) is 3.17. The Morgan fingerprint density at radius 3 is 2.80 bits per heavy atom. The fraction of sp³-hybridized carbons (Fsp3) is 0.120. The summed E-state index contributed by atoms with van der Waals surface area (Å²) in [5.74, 6) is -0.0101. The first-order chi connectivity index (χ1) is 14.6. The van der Waals surface area contributed by atoms with Crippen molar-refractivity contribution in [1.82, 2.24) is 9.88 Å². The van der Waals surface area contributed by atoms with Crippen molar-refractivity contribution in [3.63, 3.8) is 0 Å². The van der Waals surface area contributed by atoms with E-state index in [2.05, 4.69) is 48.0 Å². The standard InChI is InChI=1S/C25H19ClN2OS/c1-2-25(29)28-14-21(20-12-24(26)30-23(20)15-28)19-9-5-4-8-18(19)17-11-16-7-3-6-10-22(16)27-13-17/h2-13,21H,1,14-15H2/t21-/m0/s1. The van der Waals surface area contributed by atoms with Gasteiger partial charge in [-0.3, -0.25) is 9.78 Å². The van der Waals surface area contributed by atoms with Crippen LogP contribution in [0.4, 0.5) is 0 Å². The molecule has 0 bridgehead atoms. The quantitative estimate of drug-likeness (QED) is 0.358. The number of amides is 1. The minimum absolute atomic E-state index is 0.0454. The third kappa shape index (κ3) is 3.32. The van der Waals surface area contributed by atoms with Crippen molar-refractivity contribution in [3.05, 3.63) is 99.9 Å². The van der Waals surface area contributed by atoms with Crippen LogP contribution in [0.1, 0.15) is 21.9 Å². The second-order valence-corrected chi connectivity index (χ2v) is 9.18. The van der Waals surface area contributed by atoms with Gasteiger partial charge >= 0.3 is 0 Å². The third-order valence-electron chi connectivity index (χ3n) is 5.65. The SMILES string of the molecule is C=CC(=O)N1Cc2sc(Cl)cc2[C@H](c2ccccc2-c2cnc3ccccc3c2)C1. The van der Waals surface area contributed by atoms with E-state index in [0.717, 1.165) is 31.2 Å². The summed E-state index contributed by atoms with van der Waals surface area (Å²) in [7, 11) is 0. The Bertz CT molecular complexity index is 1280. The Labute approximate surface area is 184 Å². The lowest BCUT2D eigenvalue weighted by Gasteiger charge is -2.33. The van der Waals surface area contributed by atoms with Crippen LogP contribution in [0.15, 0.2) is 79.5 Å². The van der Waals surface area contributed by atoms with Crippen LogP contribution in [0.5, 0.6) is 0 Å². The normalized spacial score (nSPS) is 15.8. The predicted octanol–water partition coefficient (Wildman–Crippen LogP) is 6.28. The summed E-state index contributed by atoms with van der Waals surface area (Å²) in [6.07, 6.45) is 3.31. The Morgan fingerprint density at radius 1 is 1.13 bits per heavy atom. The Balaban J connectivity index is 1.65. The van der Waals surface area contributed by atoms with Gasteiger partial charge in [-0.1, -0.05) is 60.6 Å². The highest BCUT2D eigenvalue weighted by molar-refractivity contribution is 7.16. The maximum absolute atomic E-state index is 12.4. The molecule has 30 heavy (non-hydrogen) atoms. The fourth-order valence-electron chi connectivity index (χ4n) is 4.23. The van der Waals surface area contributed by atoms with E-state index in [1.165, 1.54) is 17.2 Å². The molecule has 3 nitrogen and oxygen atoms in total. The molecule has 2 aromatic carbocycles. The molecule has 4 aromatic rings. The molecule has 0 aliphatic carbocycles. The second kappa shape index (κ2) is 7.71. The molecule has 0 saturated carbocycles. The summed E-state index contributed by atoms with van der Waals surface area (Å²) >= 11 is 7.92. The maximum Gasteiger partial charge on any atom is 0.246 e. The molecule has 1 aliphatic heterocycles. The number of carbonyl (C=O) groups is 1. The van der Waals surface area contributed by atoms with Gasteiger partial charge in [-0.05, 0) is 41.0 Å². The van der Waals surface area contributed by atoms with Crippen LogP contribution in [-0.2, 0) is 11.3 Å². The number of hydrogen-bond donors (Lipinski definition) is 0. The number of hydrogen-bond acceptors (Lipinski definition) is 3. The largest absolute Gasteiger partial charge is 0.333 e. The first-order valence-electron chi connectivity index (χ1n) is 9.77. The minimum atomic E-state index is -0.0555. The van der Waals surface area contributed by atoms with E-state index in [9.17, 15) is 4.79 Å². The van der Waals surface area contributed by atoms with Crippen LogP contribution >= 0.6 is 22.9 Å². The van der Waals surface area contributed by atoms with Gasteiger partial charge in [0.05, 0.1) is 16.4 Å². The number of fused-ring (bicyclic) bond motifs is 2. The number of halogens is 1. The zero-order valence-corrected chi connectivity index (χ0v) is 17.8. The van der Waals surface area contributed by atoms with Gasteiger partial charge in [0.2, 0.25) is 5.91 Å². The molecular formula is C25H19ClN2OS. The summed E-state index contributed by atoms with van der Waals surface area (Å²) < 4.78 is 0.753. The van der Waals surface area contributed by atoms with Crippen molar-refractivity contribution >= 4 is 39.7 Å². The first kappa shape index (κ1) is 19.0. The minimum Gasteiger partial charge on any atom is -0.333 e. The van der Waals surface area contributed by atoms with Gasteiger partial charge < -0.3 is 4.90 Å². The van der Waals surface area contributed by atoms with E-state index in [4.69, 9.17) is 11.6 Å². The number of thiophene rings is 1. The molecule has 2 aromatic heterocycles. The number of carbonyl (C=O) groups excluding carboxylic acids is 1. The van der Waals surface area contributed by atoms with Gasteiger partial charge in [0.25, 0.3) is 0 Å². The summed E-state index contributed by atoms with van der Waals surface area (Å²) in [5, 5.41) is 1.11. The monoisotopic (exact) mass is 430 g/mol. The highest BCUT2D eigenvalue weighted by Crippen LogP contribution is 2.43. The lowest BCUT2D eigenvalue weighted by Crippen LogP contribution is -2.37. The number of pyridine rings is 1. The molecule has 5 rings (SSSR count). The molecule has 1 atom stereocenters. The first-order valence-corrected chi connectivity index (χ1v) is 11.0. The molecule has 0 fully saturated rings. The highest BCUT2D eigenvalue weighted by Gasteiger charge is 2.31. The van der Waals surface area contributed by atoms with Crippen LogP contribution < -0.4 is 0 Å². The van der Waals surface area contributed by atoms with Crippen LogP contribution in [0.3, 0.4) is 0 Å².